The van der Waals surface area contributed by atoms with Gasteiger partial charge in [0.1, 0.15) is 0 Å². The molecule has 0 bridgehead atoms. The van der Waals surface area contributed by atoms with E-state index in [1.54, 1.807) is 11.3 Å². The molecule has 1 saturated heterocycles. The van der Waals surface area contributed by atoms with Gasteiger partial charge in [0.25, 0.3) is 0 Å². The van der Waals surface area contributed by atoms with Crippen LogP contribution >= 0.6 is 11.3 Å². The fourth-order valence-electron chi connectivity index (χ4n) is 3.01. The van der Waals surface area contributed by atoms with E-state index in [1.165, 1.54) is 9.75 Å². The van der Waals surface area contributed by atoms with E-state index in [-0.39, 0.29) is 12.5 Å². The predicted octanol–water partition coefficient (Wildman–Crippen LogP) is 1.41. The van der Waals surface area contributed by atoms with Crippen LogP contribution in [0.4, 0.5) is 0 Å². The van der Waals surface area contributed by atoms with Gasteiger partial charge in [0, 0.05) is 28.9 Å². The van der Waals surface area contributed by atoms with E-state index in [0.717, 1.165) is 32.4 Å². The summed E-state index contributed by atoms with van der Waals surface area (Å²) in [4.78, 5) is 29.4. The van der Waals surface area contributed by atoms with E-state index in [9.17, 15) is 9.59 Å². The van der Waals surface area contributed by atoms with Crippen LogP contribution in [0.25, 0.3) is 0 Å². The van der Waals surface area contributed by atoms with Gasteiger partial charge in [-0.2, -0.15) is 0 Å². The van der Waals surface area contributed by atoms with Gasteiger partial charge in [-0.15, -0.1) is 11.3 Å². The molecular weight excluding hydrogens is 326 g/mol. The van der Waals surface area contributed by atoms with Gasteiger partial charge >= 0.3 is 5.97 Å². The molecule has 2 rings (SSSR count). The maximum Gasteiger partial charge on any atom is 0.317 e. The molecule has 0 aliphatic carbocycles. The zero-order valence-electron chi connectivity index (χ0n) is 14.5. The molecule has 0 radical (unpaired) electrons. The average Bonchev–Trinajstić information content (AvgIpc) is 3.01. The Morgan fingerprint density at radius 3 is 2.58 bits per heavy atom. The van der Waals surface area contributed by atoms with Crippen molar-refractivity contribution in [3.8, 4) is 0 Å². The first kappa shape index (κ1) is 18.9. The summed E-state index contributed by atoms with van der Waals surface area (Å²) >= 11 is 1.75. The summed E-state index contributed by atoms with van der Waals surface area (Å²) in [6.07, 6.45) is 2.84. The van der Waals surface area contributed by atoms with Gasteiger partial charge in [-0.05, 0) is 38.4 Å². The van der Waals surface area contributed by atoms with Crippen LogP contribution < -0.4 is 5.32 Å². The summed E-state index contributed by atoms with van der Waals surface area (Å²) in [6.45, 7) is 4.89. The lowest BCUT2D eigenvalue weighted by molar-refractivity contribution is -0.138. The summed E-state index contributed by atoms with van der Waals surface area (Å²) in [6, 6.07) is 4.48. The van der Waals surface area contributed by atoms with Gasteiger partial charge in [-0.25, -0.2) is 0 Å². The molecule has 7 heteroatoms. The normalized spacial score (nSPS) is 16.5. The maximum absolute atomic E-state index is 12.1. The van der Waals surface area contributed by atoms with Crippen molar-refractivity contribution in [1.82, 2.24) is 15.1 Å². The zero-order chi connectivity index (χ0) is 17.5. The van der Waals surface area contributed by atoms with Crippen LogP contribution in [-0.2, 0) is 22.6 Å². The molecule has 0 saturated carbocycles. The number of carboxylic acid groups (broad SMARTS) is 1. The molecule has 1 aliphatic rings. The first-order valence-corrected chi connectivity index (χ1v) is 9.28. The highest BCUT2D eigenvalue weighted by Crippen LogP contribution is 2.17. The highest BCUT2D eigenvalue weighted by atomic mass is 32.1. The van der Waals surface area contributed by atoms with Gasteiger partial charge in [0.2, 0.25) is 5.91 Å². The van der Waals surface area contributed by atoms with Crippen molar-refractivity contribution in [2.24, 2.45) is 0 Å². The summed E-state index contributed by atoms with van der Waals surface area (Å²) in [5, 5.41) is 11.8. The number of carboxylic acids is 1. The van der Waals surface area contributed by atoms with Crippen molar-refractivity contribution in [3.63, 3.8) is 0 Å². The predicted molar refractivity (Wildman–Crippen MR) is 95.3 cm³/mol. The van der Waals surface area contributed by atoms with Gasteiger partial charge < -0.3 is 10.4 Å². The average molecular weight is 353 g/mol. The van der Waals surface area contributed by atoms with Crippen LogP contribution in [0.2, 0.25) is 0 Å². The number of likely N-dealkylation sites (N-methyl/N-ethyl adjacent to an activating group) is 1. The van der Waals surface area contributed by atoms with Gasteiger partial charge in [0.05, 0.1) is 19.6 Å². The summed E-state index contributed by atoms with van der Waals surface area (Å²) in [7, 11) is 1.85. The third-order valence-electron chi connectivity index (χ3n) is 4.46. The standard InChI is InChI=1S/C17H27N3O3S/c1-3-14-4-5-15(24-14)10-18-16(21)11-20-8-6-13(7-9-20)19(2)12-17(22)23/h4-5,13H,3,6-12H2,1-2H3,(H,18,21)(H,22,23). The molecule has 2 N–H and O–H groups in total. The number of amides is 1. The topological polar surface area (TPSA) is 72.9 Å². The molecule has 1 fully saturated rings. The van der Waals surface area contributed by atoms with Gasteiger partial charge in [-0.1, -0.05) is 6.92 Å². The molecular formula is C17H27N3O3S. The van der Waals surface area contributed by atoms with Gasteiger partial charge in [0.15, 0.2) is 0 Å². The smallest absolute Gasteiger partial charge is 0.317 e. The van der Waals surface area contributed by atoms with Crippen molar-refractivity contribution < 1.29 is 14.7 Å². The number of aliphatic carboxylic acids is 1. The van der Waals surface area contributed by atoms with Crippen molar-refractivity contribution in [1.29, 1.82) is 0 Å². The highest BCUT2D eigenvalue weighted by molar-refractivity contribution is 7.11. The number of carbonyl (C=O) groups is 2. The number of likely N-dealkylation sites (tertiary alicyclic amines) is 1. The number of nitrogens with one attached hydrogen (secondary N) is 1. The molecule has 1 amide bonds. The van der Waals surface area contributed by atoms with E-state index >= 15 is 0 Å². The number of aryl methyl sites for hydroxylation is 1. The molecule has 0 aromatic carbocycles. The second kappa shape index (κ2) is 9.15. The minimum Gasteiger partial charge on any atom is -0.480 e. The molecule has 134 valence electrons. The third-order valence-corrected chi connectivity index (χ3v) is 5.69. The molecule has 0 atom stereocenters. The molecule has 0 unspecified atom stereocenters. The monoisotopic (exact) mass is 353 g/mol. The van der Waals surface area contributed by atoms with Crippen LogP contribution in [-0.4, -0.2) is 66.1 Å². The highest BCUT2D eigenvalue weighted by Gasteiger charge is 2.24. The largest absolute Gasteiger partial charge is 0.480 e. The maximum atomic E-state index is 12.1. The SMILES string of the molecule is CCc1ccc(CNC(=O)CN2CCC(N(C)CC(=O)O)CC2)s1. The minimum atomic E-state index is -0.792. The second-order valence-corrected chi connectivity index (χ2v) is 7.57. The minimum absolute atomic E-state index is 0.0544. The van der Waals surface area contributed by atoms with Crippen LogP contribution in [0, 0.1) is 0 Å². The molecule has 1 aliphatic heterocycles. The first-order valence-electron chi connectivity index (χ1n) is 8.46. The Balaban J connectivity index is 1.67. The lowest BCUT2D eigenvalue weighted by Gasteiger charge is -2.35. The molecule has 1 aromatic heterocycles. The van der Waals surface area contributed by atoms with Crippen LogP contribution in [0.5, 0.6) is 0 Å². The van der Waals surface area contributed by atoms with Crippen LogP contribution in [0.3, 0.4) is 0 Å². The number of hydrogen-bond donors (Lipinski definition) is 2. The Kier molecular flexibility index (Phi) is 7.20. The Labute approximate surface area is 147 Å². The Hall–Kier alpha value is -1.44. The summed E-state index contributed by atoms with van der Waals surface area (Å²) in [5.41, 5.74) is 0. The Morgan fingerprint density at radius 2 is 2.00 bits per heavy atom. The van der Waals surface area contributed by atoms with E-state index < -0.39 is 5.97 Å². The van der Waals surface area contributed by atoms with Crippen molar-refractivity contribution in [2.45, 2.75) is 38.8 Å². The van der Waals surface area contributed by atoms with E-state index in [0.29, 0.717) is 19.1 Å². The molecule has 24 heavy (non-hydrogen) atoms. The number of carbonyl (C=O) groups excluding carboxylic acids is 1. The number of thiophene rings is 1. The lowest BCUT2D eigenvalue weighted by Crippen LogP contribution is -2.47. The van der Waals surface area contributed by atoms with Crippen LogP contribution in [0.1, 0.15) is 29.5 Å². The lowest BCUT2D eigenvalue weighted by atomic mass is 10.0. The third kappa shape index (κ3) is 5.89. The first-order chi connectivity index (χ1) is 11.5. The fraction of sp³-hybridized carbons (Fsp3) is 0.647. The molecule has 6 nitrogen and oxygen atoms in total. The van der Waals surface area contributed by atoms with Gasteiger partial charge in [-0.3, -0.25) is 19.4 Å². The van der Waals surface area contributed by atoms with Crippen molar-refractivity contribution in [3.05, 3.63) is 21.9 Å². The Morgan fingerprint density at radius 1 is 1.33 bits per heavy atom. The molecule has 0 spiro atoms. The van der Waals surface area contributed by atoms with Crippen LogP contribution in [0.15, 0.2) is 12.1 Å². The Bertz CT molecular complexity index is 553. The zero-order valence-corrected chi connectivity index (χ0v) is 15.3. The number of hydrogen-bond acceptors (Lipinski definition) is 5. The number of piperidine rings is 1. The van der Waals surface area contributed by atoms with E-state index in [2.05, 4.69) is 29.3 Å². The molecule has 1 aromatic rings. The fourth-order valence-corrected chi connectivity index (χ4v) is 3.91. The second-order valence-electron chi connectivity index (χ2n) is 6.31. The number of nitrogens with zero attached hydrogens (tertiary/aromatic N) is 2. The summed E-state index contributed by atoms with van der Waals surface area (Å²) < 4.78 is 0. The quantitative estimate of drug-likeness (QED) is 0.739. The number of rotatable bonds is 8. The molecule has 2 heterocycles. The van der Waals surface area contributed by atoms with Crippen molar-refractivity contribution in [2.75, 3.05) is 33.2 Å². The van der Waals surface area contributed by atoms with E-state index in [1.807, 2.05) is 11.9 Å². The van der Waals surface area contributed by atoms with E-state index in [4.69, 9.17) is 5.11 Å². The summed E-state index contributed by atoms with van der Waals surface area (Å²) in [5.74, 6) is -0.738. The van der Waals surface area contributed by atoms with Crippen molar-refractivity contribution >= 4 is 23.2 Å².